The number of rotatable bonds is 4. The standard InChI is InChI=1S/C6H8N4O3P2/c11-14(9-3-1-7-5-9)13-15(12)10-4-2-8-6-10/h1-6,14-15H. The molecule has 0 bridgehead atoms. The van der Waals surface area contributed by atoms with Gasteiger partial charge < -0.3 is 0 Å². The van der Waals surface area contributed by atoms with Crippen LogP contribution < -0.4 is 0 Å². The van der Waals surface area contributed by atoms with E-state index in [-0.39, 0.29) is 0 Å². The van der Waals surface area contributed by atoms with Gasteiger partial charge in [-0.2, -0.15) is 0 Å². The molecule has 2 aromatic rings. The second-order valence-electron chi connectivity index (χ2n) is 2.57. The highest BCUT2D eigenvalue weighted by Gasteiger charge is 2.07. The Labute approximate surface area is 86.6 Å². The molecule has 80 valence electrons. The lowest BCUT2D eigenvalue weighted by Crippen LogP contribution is -1.85. The summed E-state index contributed by atoms with van der Waals surface area (Å²) in [5, 5.41) is 0. The summed E-state index contributed by atoms with van der Waals surface area (Å²) in [6.45, 7) is 0. The molecule has 2 unspecified atom stereocenters. The van der Waals surface area contributed by atoms with Crippen molar-refractivity contribution in [3.8, 4) is 0 Å². The van der Waals surface area contributed by atoms with Crippen molar-refractivity contribution in [2.45, 2.75) is 0 Å². The van der Waals surface area contributed by atoms with Gasteiger partial charge in [0.15, 0.2) is 0 Å². The molecular formula is C6H8N4O3P2. The summed E-state index contributed by atoms with van der Waals surface area (Å²) in [4.78, 5) is 7.42. The fourth-order valence-electron chi connectivity index (χ4n) is 0.914. The van der Waals surface area contributed by atoms with E-state index in [4.69, 9.17) is 4.31 Å². The fourth-order valence-corrected chi connectivity index (χ4v) is 3.05. The van der Waals surface area contributed by atoms with Gasteiger partial charge in [0.1, 0.15) is 12.7 Å². The zero-order valence-corrected chi connectivity index (χ0v) is 9.48. The van der Waals surface area contributed by atoms with Crippen LogP contribution in [-0.4, -0.2) is 18.6 Å². The monoisotopic (exact) mass is 246 g/mol. The second kappa shape index (κ2) is 4.57. The maximum absolute atomic E-state index is 11.5. The third-order valence-electron chi connectivity index (χ3n) is 1.61. The third kappa shape index (κ3) is 2.45. The summed E-state index contributed by atoms with van der Waals surface area (Å²) in [6.07, 6.45) is 8.63. The highest BCUT2D eigenvalue weighted by atomic mass is 31.2. The first-order valence-electron chi connectivity index (χ1n) is 4.00. The van der Waals surface area contributed by atoms with Gasteiger partial charge in [-0.05, 0) is 0 Å². The highest BCUT2D eigenvalue weighted by Crippen LogP contribution is 2.39. The van der Waals surface area contributed by atoms with Crippen molar-refractivity contribution in [2.24, 2.45) is 0 Å². The van der Waals surface area contributed by atoms with Crippen LogP contribution in [0.1, 0.15) is 0 Å². The van der Waals surface area contributed by atoms with Gasteiger partial charge in [0.25, 0.3) is 16.4 Å². The number of nitrogens with zero attached hydrogens (tertiary/aromatic N) is 4. The molecule has 0 aliphatic rings. The molecule has 0 fully saturated rings. The minimum absolute atomic E-state index is 1.28. The van der Waals surface area contributed by atoms with E-state index < -0.39 is 16.4 Å². The van der Waals surface area contributed by atoms with E-state index in [1.54, 1.807) is 0 Å². The largest absolute Gasteiger partial charge is 0.296 e. The first-order chi connectivity index (χ1) is 7.27. The molecule has 0 spiro atoms. The average molecular weight is 246 g/mol. The van der Waals surface area contributed by atoms with Crippen LogP contribution in [0.3, 0.4) is 0 Å². The first-order valence-corrected chi connectivity index (χ1v) is 6.52. The molecule has 2 aromatic heterocycles. The molecule has 0 amide bonds. The van der Waals surface area contributed by atoms with Crippen LogP contribution in [0.25, 0.3) is 0 Å². The van der Waals surface area contributed by atoms with Gasteiger partial charge in [0.2, 0.25) is 0 Å². The van der Waals surface area contributed by atoms with Crippen molar-refractivity contribution in [2.75, 3.05) is 0 Å². The van der Waals surface area contributed by atoms with E-state index >= 15 is 0 Å². The molecular weight excluding hydrogens is 238 g/mol. The molecule has 7 nitrogen and oxygen atoms in total. The van der Waals surface area contributed by atoms with Crippen LogP contribution in [0.15, 0.2) is 37.4 Å². The predicted molar refractivity (Wildman–Crippen MR) is 54.3 cm³/mol. The van der Waals surface area contributed by atoms with Crippen LogP contribution >= 0.6 is 16.4 Å². The van der Waals surface area contributed by atoms with Crippen molar-refractivity contribution in [3.63, 3.8) is 0 Å². The van der Waals surface area contributed by atoms with Crippen molar-refractivity contribution in [1.29, 1.82) is 0 Å². The summed E-state index contributed by atoms with van der Waals surface area (Å²) in [6, 6.07) is 0. The number of hydrogen-bond donors (Lipinski definition) is 0. The van der Waals surface area contributed by atoms with E-state index in [1.165, 1.54) is 46.1 Å². The summed E-state index contributed by atoms with van der Waals surface area (Å²) < 4.78 is 30.4. The number of imidazole rings is 2. The zero-order chi connectivity index (χ0) is 10.7. The average Bonchev–Trinajstić information content (AvgIpc) is 2.91. The topological polar surface area (TPSA) is 79.0 Å². The lowest BCUT2D eigenvalue weighted by atomic mass is 11.0. The van der Waals surface area contributed by atoms with Gasteiger partial charge in [0.05, 0.1) is 0 Å². The van der Waals surface area contributed by atoms with Crippen LogP contribution in [0, 0.1) is 0 Å². The smallest absolute Gasteiger partial charge is 0.270 e. The Morgan fingerprint density at radius 1 is 0.933 bits per heavy atom. The van der Waals surface area contributed by atoms with Gasteiger partial charge in [-0.1, -0.05) is 0 Å². The van der Waals surface area contributed by atoms with Crippen LogP contribution in [0.2, 0.25) is 0 Å². The van der Waals surface area contributed by atoms with Crippen LogP contribution in [-0.2, 0) is 13.4 Å². The predicted octanol–water partition coefficient (Wildman–Crippen LogP) is 1.27. The molecule has 0 aliphatic heterocycles. The molecule has 0 radical (unpaired) electrons. The van der Waals surface area contributed by atoms with E-state index in [2.05, 4.69) is 9.97 Å². The van der Waals surface area contributed by atoms with Gasteiger partial charge in [-0.15, -0.1) is 0 Å². The molecule has 9 heteroatoms. The molecule has 0 aromatic carbocycles. The van der Waals surface area contributed by atoms with Crippen molar-refractivity contribution < 1.29 is 13.4 Å². The Hall–Kier alpha value is -1.16. The SMILES string of the molecule is O=[PH](O[PH](=O)n1ccnc1)n1ccnc1. The lowest BCUT2D eigenvalue weighted by molar-refractivity contribution is 0.476. The fraction of sp³-hybridized carbons (Fsp3) is 0. The van der Waals surface area contributed by atoms with E-state index in [1.807, 2.05) is 0 Å². The van der Waals surface area contributed by atoms with Gasteiger partial charge in [-0.3, -0.25) is 17.8 Å². The minimum atomic E-state index is -2.56. The summed E-state index contributed by atoms with van der Waals surface area (Å²) in [5.74, 6) is 0. The molecule has 0 saturated carbocycles. The Kier molecular flexibility index (Phi) is 3.16. The normalized spacial score (nSPS) is 14.9. The van der Waals surface area contributed by atoms with Gasteiger partial charge in [0, 0.05) is 24.8 Å². The molecule has 2 heterocycles. The zero-order valence-electron chi connectivity index (χ0n) is 7.48. The summed E-state index contributed by atoms with van der Waals surface area (Å²) >= 11 is 0. The first kappa shape index (κ1) is 10.4. The molecule has 2 atom stereocenters. The third-order valence-corrected chi connectivity index (χ3v) is 4.37. The quantitative estimate of drug-likeness (QED) is 0.759. The van der Waals surface area contributed by atoms with Crippen LogP contribution in [0.5, 0.6) is 0 Å². The van der Waals surface area contributed by atoms with Crippen LogP contribution in [0.4, 0.5) is 0 Å². The lowest BCUT2D eigenvalue weighted by Gasteiger charge is -2.04. The molecule has 0 saturated heterocycles. The van der Waals surface area contributed by atoms with E-state index in [9.17, 15) is 9.13 Å². The maximum Gasteiger partial charge on any atom is 0.296 e. The van der Waals surface area contributed by atoms with Crippen molar-refractivity contribution >= 4 is 16.4 Å². The van der Waals surface area contributed by atoms with Crippen molar-refractivity contribution in [3.05, 3.63) is 37.4 Å². The minimum Gasteiger partial charge on any atom is -0.270 e. The summed E-state index contributed by atoms with van der Waals surface area (Å²) in [7, 11) is -5.12. The number of aromatic nitrogens is 4. The Morgan fingerprint density at radius 2 is 1.40 bits per heavy atom. The Bertz CT molecular complexity index is 422. The van der Waals surface area contributed by atoms with Gasteiger partial charge >= 0.3 is 0 Å². The van der Waals surface area contributed by atoms with E-state index in [0.717, 1.165) is 0 Å². The van der Waals surface area contributed by atoms with E-state index in [0.29, 0.717) is 0 Å². The number of hydrogen-bond acceptors (Lipinski definition) is 5. The second-order valence-corrected chi connectivity index (χ2v) is 5.49. The molecule has 0 aliphatic carbocycles. The maximum atomic E-state index is 11.5. The Morgan fingerprint density at radius 3 is 1.73 bits per heavy atom. The Balaban J connectivity index is 2.04. The van der Waals surface area contributed by atoms with Gasteiger partial charge in [-0.25, -0.2) is 14.3 Å². The molecule has 15 heavy (non-hydrogen) atoms. The van der Waals surface area contributed by atoms with Crippen molar-refractivity contribution in [1.82, 2.24) is 18.6 Å². The summed E-state index contributed by atoms with van der Waals surface area (Å²) in [5.41, 5.74) is 0. The highest BCUT2D eigenvalue weighted by molar-refractivity contribution is 7.51. The molecule has 0 N–H and O–H groups in total. The molecule has 2 rings (SSSR count).